The molecule has 0 radical (unpaired) electrons. The van der Waals surface area contributed by atoms with Crippen LogP contribution in [0.5, 0.6) is 0 Å². The van der Waals surface area contributed by atoms with E-state index in [0.29, 0.717) is 0 Å². The zero-order chi connectivity index (χ0) is 8.69. The summed E-state index contributed by atoms with van der Waals surface area (Å²) < 4.78 is 4.32. The van der Waals surface area contributed by atoms with Crippen LogP contribution >= 0.6 is 0 Å². The second-order valence-electron chi connectivity index (χ2n) is 1.51. The fourth-order valence-electron chi connectivity index (χ4n) is 0.288. The van der Waals surface area contributed by atoms with Gasteiger partial charge >= 0.3 is 6.16 Å². The van der Waals surface area contributed by atoms with Gasteiger partial charge in [-0.3, -0.25) is 4.79 Å². The van der Waals surface area contributed by atoms with Crippen molar-refractivity contribution in [3.63, 3.8) is 0 Å². The van der Waals surface area contributed by atoms with Crippen LogP contribution in [0, 0.1) is 0 Å². The van der Waals surface area contributed by atoms with Gasteiger partial charge in [0.15, 0.2) is 0 Å². The summed E-state index contributed by atoms with van der Waals surface area (Å²) in [7, 11) is 0. The van der Waals surface area contributed by atoms with Crippen molar-refractivity contribution in [3.05, 3.63) is 0 Å². The summed E-state index contributed by atoms with van der Waals surface area (Å²) in [5.41, 5.74) is 6.67. The van der Waals surface area contributed by atoms with E-state index in [1.165, 1.54) is 0 Å². The Morgan fingerprint density at radius 1 is 1.55 bits per heavy atom. The first-order valence-corrected chi connectivity index (χ1v) is 3.03. The molecule has 0 aliphatic heterocycles. The number of hydrogen-bond acceptors (Lipinski definition) is 5. The van der Waals surface area contributed by atoms with Crippen molar-refractivity contribution in [2.75, 3.05) is 13.2 Å². The Kier molecular flexibility index (Phi) is 4.83. The van der Waals surface area contributed by atoms with Crippen LogP contribution in [0.25, 0.3) is 0 Å². The zero-order valence-electron chi connectivity index (χ0n) is 6.12. The first-order valence-electron chi connectivity index (χ1n) is 3.03. The summed E-state index contributed by atoms with van der Waals surface area (Å²) in [6.07, 6.45) is -0.950. The van der Waals surface area contributed by atoms with E-state index in [2.05, 4.69) is 9.57 Å². The SMILES string of the molecule is CCOC(=O)ONC(=O)CN. The van der Waals surface area contributed by atoms with Crippen molar-refractivity contribution in [3.8, 4) is 0 Å². The molecule has 6 heteroatoms. The minimum absolute atomic E-state index is 0.192. The van der Waals surface area contributed by atoms with E-state index in [-0.39, 0.29) is 13.2 Å². The number of ether oxygens (including phenoxy) is 1. The molecule has 0 rings (SSSR count). The summed E-state index contributed by atoms with van der Waals surface area (Å²) in [5.74, 6) is -0.585. The lowest BCUT2D eigenvalue weighted by Gasteiger charge is -2.02. The maximum atomic E-state index is 10.4. The van der Waals surface area contributed by atoms with Crippen molar-refractivity contribution < 1.29 is 19.2 Å². The first kappa shape index (κ1) is 9.70. The predicted molar refractivity (Wildman–Crippen MR) is 35.3 cm³/mol. The molecule has 0 heterocycles. The normalized spacial score (nSPS) is 8.55. The number of rotatable bonds is 2. The molecule has 1 amide bonds. The van der Waals surface area contributed by atoms with Crippen molar-refractivity contribution in [1.29, 1.82) is 0 Å². The molecule has 0 aliphatic carbocycles. The molecule has 0 saturated heterocycles. The average Bonchev–Trinajstić information content (AvgIpc) is 2.01. The lowest BCUT2D eigenvalue weighted by Crippen LogP contribution is -2.32. The molecule has 0 aliphatic rings. The van der Waals surface area contributed by atoms with Crippen LogP contribution in [0.4, 0.5) is 4.79 Å². The summed E-state index contributed by atoms with van der Waals surface area (Å²) in [5, 5.41) is 0. The van der Waals surface area contributed by atoms with Gasteiger partial charge in [0.05, 0.1) is 13.2 Å². The van der Waals surface area contributed by atoms with E-state index in [4.69, 9.17) is 5.73 Å². The van der Waals surface area contributed by atoms with Gasteiger partial charge in [-0.2, -0.15) is 5.48 Å². The van der Waals surface area contributed by atoms with Crippen LogP contribution in [-0.4, -0.2) is 25.2 Å². The molecule has 3 N–H and O–H groups in total. The number of nitrogens with one attached hydrogen (secondary N) is 1. The smallest absolute Gasteiger partial charge is 0.433 e. The highest BCUT2D eigenvalue weighted by Gasteiger charge is 2.03. The molecule has 0 aromatic carbocycles. The van der Waals surface area contributed by atoms with Crippen LogP contribution in [-0.2, 0) is 14.4 Å². The highest BCUT2D eigenvalue weighted by Crippen LogP contribution is 1.79. The van der Waals surface area contributed by atoms with Gasteiger partial charge in [0.1, 0.15) is 0 Å². The Balaban J connectivity index is 3.38. The maximum Gasteiger partial charge on any atom is 0.533 e. The Hall–Kier alpha value is -1.30. The molecule has 0 aromatic heterocycles. The highest BCUT2D eigenvalue weighted by molar-refractivity contribution is 5.78. The Labute approximate surface area is 63.6 Å². The molecule has 0 unspecified atom stereocenters. The van der Waals surface area contributed by atoms with Gasteiger partial charge in [-0.25, -0.2) is 4.79 Å². The van der Waals surface area contributed by atoms with E-state index in [1.807, 2.05) is 0 Å². The fraction of sp³-hybridized carbons (Fsp3) is 0.600. The van der Waals surface area contributed by atoms with Gasteiger partial charge in [0.25, 0.3) is 5.91 Å². The summed E-state index contributed by atoms with van der Waals surface area (Å²) in [6, 6.07) is 0. The molecular weight excluding hydrogens is 152 g/mol. The third-order valence-corrected chi connectivity index (χ3v) is 0.696. The van der Waals surface area contributed by atoms with Gasteiger partial charge in [0.2, 0.25) is 0 Å². The van der Waals surface area contributed by atoms with Gasteiger partial charge in [0, 0.05) is 0 Å². The summed E-state index contributed by atoms with van der Waals surface area (Å²) in [4.78, 5) is 24.8. The molecule has 0 saturated carbocycles. The van der Waals surface area contributed by atoms with Crippen molar-refractivity contribution in [2.45, 2.75) is 6.92 Å². The Bertz CT molecular complexity index is 147. The average molecular weight is 162 g/mol. The van der Waals surface area contributed by atoms with Gasteiger partial charge < -0.3 is 15.3 Å². The van der Waals surface area contributed by atoms with E-state index >= 15 is 0 Å². The second-order valence-corrected chi connectivity index (χ2v) is 1.51. The summed E-state index contributed by atoms with van der Waals surface area (Å²) >= 11 is 0. The number of hydroxylamine groups is 1. The zero-order valence-corrected chi connectivity index (χ0v) is 6.12. The predicted octanol–water partition coefficient (Wildman–Crippen LogP) is -0.851. The minimum atomic E-state index is -0.950. The standard InChI is InChI=1S/C5H10N2O4/c1-2-10-5(9)11-7-4(8)3-6/h2-3,6H2,1H3,(H,7,8). The molecule has 0 atom stereocenters. The molecule has 0 aromatic rings. The first-order chi connectivity index (χ1) is 5.20. The van der Waals surface area contributed by atoms with Crippen LogP contribution in [0.2, 0.25) is 0 Å². The van der Waals surface area contributed by atoms with Crippen molar-refractivity contribution in [2.24, 2.45) is 5.73 Å². The minimum Gasteiger partial charge on any atom is -0.433 e. The number of nitrogens with two attached hydrogens (primary N) is 1. The van der Waals surface area contributed by atoms with Gasteiger partial charge in [-0.1, -0.05) is 0 Å². The lowest BCUT2D eigenvalue weighted by atomic mass is 10.7. The number of carbonyl (C=O) groups excluding carboxylic acids is 2. The van der Waals surface area contributed by atoms with Crippen LogP contribution in [0.15, 0.2) is 0 Å². The molecule has 0 spiro atoms. The third kappa shape index (κ3) is 5.16. The fourth-order valence-corrected chi connectivity index (χ4v) is 0.288. The van der Waals surface area contributed by atoms with Crippen LogP contribution < -0.4 is 11.2 Å². The van der Waals surface area contributed by atoms with Gasteiger partial charge in [-0.15, -0.1) is 0 Å². The second kappa shape index (κ2) is 5.48. The van der Waals surface area contributed by atoms with E-state index in [1.54, 1.807) is 12.4 Å². The highest BCUT2D eigenvalue weighted by atomic mass is 16.8. The monoisotopic (exact) mass is 162 g/mol. The Morgan fingerprint density at radius 3 is 2.64 bits per heavy atom. The number of hydrogen-bond donors (Lipinski definition) is 2. The molecular formula is C5H10N2O4. The molecule has 6 nitrogen and oxygen atoms in total. The van der Waals surface area contributed by atoms with E-state index in [0.717, 1.165) is 0 Å². The Morgan fingerprint density at radius 2 is 2.18 bits per heavy atom. The number of carbonyl (C=O) groups is 2. The van der Waals surface area contributed by atoms with Crippen LogP contribution in [0.3, 0.4) is 0 Å². The van der Waals surface area contributed by atoms with E-state index < -0.39 is 12.1 Å². The van der Waals surface area contributed by atoms with Gasteiger partial charge in [-0.05, 0) is 6.92 Å². The molecule has 64 valence electrons. The largest absolute Gasteiger partial charge is 0.533 e. The third-order valence-electron chi connectivity index (χ3n) is 0.696. The molecule has 11 heavy (non-hydrogen) atoms. The quantitative estimate of drug-likeness (QED) is 0.407. The molecule has 0 bridgehead atoms. The van der Waals surface area contributed by atoms with Crippen molar-refractivity contribution in [1.82, 2.24) is 5.48 Å². The molecule has 0 fully saturated rings. The van der Waals surface area contributed by atoms with Crippen LogP contribution in [0.1, 0.15) is 6.92 Å². The van der Waals surface area contributed by atoms with Crippen molar-refractivity contribution >= 4 is 12.1 Å². The topological polar surface area (TPSA) is 90.6 Å². The van der Waals surface area contributed by atoms with E-state index in [9.17, 15) is 9.59 Å². The maximum absolute atomic E-state index is 10.4. The summed E-state index contributed by atoms with van der Waals surface area (Å²) in [6.45, 7) is 1.57. The lowest BCUT2D eigenvalue weighted by molar-refractivity contribution is -0.129. The number of amides is 1.